The average molecular weight is 590 g/mol. The number of thiophene rings is 1. The van der Waals surface area contributed by atoms with Gasteiger partial charge in [-0.25, -0.2) is 14.4 Å². The molecule has 0 bridgehead atoms. The number of anilines is 1. The monoisotopic (exact) mass is 589 g/mol. The quantitative estimate of drug-likeness (QED) is 0.162. The van der Waals surface area contributed by atoms with E-state index in [2.05, 4.69) is 5.32 Å². The Hall–Kier alpha value is -4.46. The highest BCUT2D eigenvalue weighted by molar-refractivity contribution is 7.10. The largest absolute Gasteiger partial charge is 0.493 e. The lowest BCUT2D eigenvalue weighted by molar-refractivity contribution is -0.158. The second kappa shape index (κ2) is 13.3. The number of carbonyl (C=O) groups excluding carboxylic acids is 5. The first-order valence-corrected chi connectivity index (χ1v) is 13.4. The fourth-order valence-electron chi connectivity index (χ4n) is 4.07. The molecule has 2 N–H and O–H groups in total. The lowest BCUT2D eigenvalue weighted by Gasteiger charge is -2.45. The summed E-state index contributed by atoms with van der Waals surface area (Å²) in [6, 6.07) is 5.96. The number of methoxy groups -OCH3 is 1. The van der Waals surface area contributed by atoms with Gasteiger partial charge in [0.05, 0.1) is 20.3 Å². The molecule has 14 heteroatoms. The van der Waals surface area contributed by atoms with Gasteiger partial charge >= 0.3 is 18.0 Å². The number of nitrogens with one attached hydrogen (secondary N) is 1. The van der Waals surface area contributed by atoms with E-state index in [0.717, 1.165) is 9.80 Å². The molecule has 1 fully saturated rings. The van der Waals surface area contributed by atoms with Crippen LogP contribution in [0.5, 0.6) is 5.75 Å². The number of β-lactam (4-membered cyclic amide) rings is 1. The van der Waals surface area contributed by atoms with E-state index in [-0.39, 0.29) is 31.5 Å². The van der Waals surface area contributed by atoms with Gasteiger partial charge in [-0.3, -0.25) is 19.3 Å². The normalized spacial score (nSPS) is 16.0. The molecular formula is C27H31N3O10S. The summed E-state index contributed by atoms with van der Waals surface area (Å²) in [7, 11) is 1.19. The van der Waals surface area contributed by atoms with Crippen molar-refractivity contribution in [3.63, 3.8) is 0 Å². The summed E-state index contributed by atoms with van der Waals surface area (Å²) in [6.45, 7) is 4.98. The van der Waals surface area contributed by atoms with Crippen molar-refractivity contribution in [3.05, 3.63) is 46.7 Å². The Morgan fingerprint density at radius 3 is 2.39 bits per heavy atom. The Kier molecular flexibility index (Phi) is 10.1. The van der Waals surface area contributed by atoms with E-state index < -0.39 is 53.6 Å². The maximum Gasteiger partial charge on any atom is 0.408 e. The third kappa shape index (κ3) is 7.81. The Bertz CT molecular complexity index is 1270. The fraction of sp³-hybridized carbons (Fsp3) is 0.407. The van der Waals surface area contributed by atoms with Gasteiger partial charge in [0.15, 0.2) is 6.04 Å². The van der Waals surface area contributed by atoms with Crippen molar-refractivity contribution in [3.8, 4) is 5.75 Å². The highest BCUT2D eigenvalue weighted by atomic mass is 32.1. The number of hydrogen-bond acceptors (Lipinski definition) is 10. The minimum Gasteiger partial charge on any atom is -0.493 e. The van der Waals surface area contributed by atoms with Crippen LogP contribution in [0.25, 0.3) is 0 Å². The molecule has 41 heavy (non-hydrogen) atoms. The standard InChI is InChI=1S/C27H31N3O10S/c1-27(2,3)40-26(37)28-18(25(36)38-4)11-12-39-17-9-7-16(8-10-17)30(21(32)15-31)19-14-29(23(19)33)22(24(34)35)20-6-5-13-41-20/h5-10,13,15,18-19,22H,11-12,14H2,1-4H3,(H,28,37)(H,34,35). The summed E-state index contributed by atoms with van der Waals surface area (Å²) in [6.07, 6.45) is -0.643. The molecule has 1 aliphatic rings. The molecule has 3 unspecified atom stereocenters. The first kappa shape index (κ1) is 31.1. The number of carboxylic acid groups (broad SMARTS) is 1. The maximum absolute atomic E-state index is 13.0. The maximum atomic E-state index is 13.0. The molecule has 2 heterocycles. The van der Waals surface area contributed by atoms with E-state index in [9.17, 15) is 33.9 Å². The highest BCUT2D eigenvalue weighted by Crippen LogP contribution is 2.34. The number of ether oxygens (including phenoxy) is 3. The second-order valence-corrected chi connectivity index (χ2v) is 10.9. The van der Waals surface area contributed by atoms with Crippen molar-refractivity contribution in [2.45, 2.75) is 50.9 Å². The van der Waals surface area contributed by atoms with Crippen molar-refractivity contribution in [1.29, 1.82) is 0 Å². The van der Waals surface area contributed by atoms with Gasteiger partial charge in [-0.1, -0.05) is 6.07 Å². The summed E-state index contributed by atoms with van der Waals surface area (Å²) in [5.41, 5.74) is -0.526. The number of carbonyl (C=O) groups is 6. The van der Waals surface area contributed by atoms with E-state index in [1.165, 1.54) is 42.7 Å². The number of carboxylic acids is 1. The van der Waals surface area contributed by atoms with Crippen molar-refractivity contribution >= 4 is 53.2 Å². The van der Waals surface area contributed by atoms with E-state index in [1.54, 1.807) is 38.3 Å². The number of benzene rings is 1. The molecule has 2 aromatic rings. The number of rotatable bonds is 12. The molecule has 13 nitrogen and oxygen atoms in total. The smallest absolute Gasteiger partial charge is 0.408 e. The van der Waals surface area contributed by atoms with Crippen LogP contribution in [0.15, 0.2) is 41.8 Å². The minimum absolute atomic E-state index is 0.00125. The molecule has 1 saturated heterocycles. The zero-order valence-corrected chi connectivity index (χ0v) is 23.7. The highest BCUT2D eigenvalue weighted by Gasteiger charge is 2.49. The van der Waals surface area contributed by atoms with Crippen LogP contribution < -0.4 is 15.0 Å². The number of aliphatic carboxylic acids is 1. The molecular weight excluding hydrogens is 558 g/mol. The summed E-state index contributed by atoms with van der Waals surface area (Å²) in [4.78, 5) is 75.5. The molecule has 220 valence electrons. The van der Waals surface area contributed by atoms with Gasteiger partial charge in [0.25, 0.3) is 5.91 Å². The van der Waals surface area contributed by atoms with Gasteiger partial charge in [-0.2, -0.15) is 0 Å². The molecule has 0 radical (unpaired) electrons. The molecule has 3 atom stereocenters. The van der Waals surface area contributed by atoms with Crippen LogP contribution in [-0.4, -0.2) is 84.1 Å². The van der Waals surface area contributed by atoms with Crippen LogP contribution in [0.1, 0.15) is 38.1 Å². The lowest BCUT2D eigenvalue weighted by atomic mass is 10.00. The number of likely N-dealkylation sites (tertiary alicyclic amines) is 1. The molecule has 0 saturated carbocycles. The van der Waals surface area contributed by atoms with Crippen LogP contribution in [0.3, 0.4) is 0 Å². The second-order valence-electron chi connectivity index (χ2n) is 9.94. The zero-order chi connectivity index (χ0) is 30.3. The van der Waals surface area contributed by atoms with Crippen LogP contribution >= 0.6 is 11.3 Å². The predicted molar refractivity (Wildman–Crippen MR) is 145 cm³/mol. The minimum atomic E-state index is -1.20. The van der Waals surface area contributed by atoms with Gasteiger partial charge in [-0.05, 0) is 56.5 Å². The van der Waals surface area contributed by atoms with Crippen LogP contribution in [0, 0.1) is 0 Å². The average Bonchev–Trinajstić information content (AvgIpc) is 3.44. The molecule has 3 rings (SSSR count). The fourth-order valence-corrected chi connectivity index (χ4v) is 4.90. The van der Waals surface area contributed by atoms with Crippen molar-refractivity contribution < 1.29 is 48.1 Å². The molecule has 0 spiro atoms. The zero-order valence-electron chi connectivity index (χ0n) is 22.9. The summed E-state index contributed by atoms with van der Waals surface area (Å²) in [5.74, 6) is -3.11. The first-order chi connectivity index (χ1) is 19.4. The van der Waals surface area contributed by atoms with Gasteiger partial charge < -0.3 is 29.5 Å². The Morgan fingerprint density at radius 2 is 1.88 bits per heavy atom. The molecule has 3 amide bonds. The Balaban J connectivity index is 1.65. The summed E-state index contributed by atoms with van der Waals surface area (Å²) in [5, 5.41) is 13.8. The topological polar surface area (TPSA) is 169 Å². The van der Waals surface area contributed by atoms with Gasteiger partial charge in [0.1, 0.15) is 23.4 Å². The predicted octanol–water partition coefficient (Wildman–Crippen LogP) is 2.15. The number of aldehydes is 1. The number of alkyl carbamates (subject to hydrolysis) is 1. The molecule has 0 aliphatic carbocycles. The lowest BCUT2D eigenvalue weighted by Crippen LogP contribution is -2.66. The first-order valence-electron chi connectivity index (χ1n) is 12.5. The van der Waals surface area contributed by atoms with Gasteiger partial charge in [0, 0.05) is 17.0 Å². The number of amides is 3. The van der Waals surface area contributed by atoms with E-state index >= 15 is 0 Å². The SMILES string of the molecule is COC(=O)C(CCOc1ccc(N(C(=O)C=O)C2CN(C(C(=O)O)c3cccs3)C2=O)cc1)NC(=O)OC(C)(C)C. The summed E-state index contributed by atoms with van der Waals surface area (Å²) < 4.78 is 15.6. The molecule has 1 aromatic heterocycles. The third-order valence-corrected chi connectivity index (χ3v) is 6.84. The van der Waals surface area contributed by atoms with Crippen molar-refractivity contribution in [2.75, 3.05) is 25.2 Å². The van der Waals surface area contributed by atoms with Crippen LogP contribution in [-0.2, 0) is 33.4 Å². The van der Waals surface area contributed by atoms with Gasteiger partial charge in [0.2, 0.25) is 12.2 Å². The molecule has 1 aliphatic heterocycles. The third-order valence-electron chi connectivity index (χ3n) is 5.91. The van der Waals surface area contributed by atoms with Crippen molar-refractivity contribution in [2.24, 2.45) is 0 Å². The Labute approximate surface area is 240 Å². The Morgan fingerprint density at radius 1 is 1.20 bits per heavy atom. The van der Waals surface area contributed by atoms with E-state index in [1.807, 2.05) is 0 Å². The summed E-state index contributed by atoms with van der Waals surface area (Å²) >= 11 is 1.20. The van der Waals surface area contributed by atoms with Gasteiger partial charge in [-0.15, -0.1) is 11.3 Å². The molecule has 1 aromatic carbocycles. The number of esters is 1. The van der Waals surface area contributed by atoms with Crippen LogP contribution in [0.4, 0.5) is 10.5 Å². The van der Waals surface area contributed by atoms with Crippen LogP contribution in [0.2, 0.25) is 0 Å². The number of nitrogens with zero attached hydrogens (tertiary/aromatic N) is 2. The van der Waals surface area contributed by atoms with E-state index in [0.29, 0.717) is 10.6 Å². The van der Waals surface area contributed by atoms with Crippen molar-refractivity contribution in [1.82, 2.24) is 10.2 Å². The van der Waals surface area contributed by atoms with E-state index in [4.69, 9.17) is 14.2 Å². The number of hydrogen-bond donors (Lipinski definition) is 2.